The van der Waals surface area contributed by atoms with Crippen LogP contribution >= 0.6 is 0 Å². The van der Waals surface area contributed by atoms with Gasteiger partial charge in [0.1, 0.15) is 0 Å². The smallest absolute Gasteiger partial charge is 0.161 e. The Morgan fingerprint density at radius 2 is 1.57 bits per heavy atom. The number of aliphatic hydroxyl groups is 1. The number of aliphatic hydroxyl groups excluding tert-OH is 1. The molecule has 4 heteroatoms. The first-order chi connectivity index (χ1) is 21.5. The molecule has 0 aliphatic heterocycles. The molecule has 1 aliphatic rings. The summed E-state index contributed by atoms with van der Waals surface area (Å²) in [5, 5.41) is 10.7. The van der Waals surface area contributed by atoms with E-state index in [9.17, 15) is 9.90 Å². The second-order valence-electron chi connectivity index (χ2n) is 12.9. The number of allylic oxidation sites excluding steroid dienone is 2. The van der Waals surface area contributed by atoms with E-state index in [1.165, 1.54) is 50.4 Å². The molecule has 5 aromatic rings. The number of hydrogen-bond acceptors (Lipinski definition) is 3. The molecule has 0 fully saturated rings. The number of rotatable bonds is 7. The summed E-state index contributed by atoms with van der Waals surface area (Å²) in [6.45, 7) is 14.5. The van der Waals surface area contributed by atoms with Gasteiger partial charge in [-0.15, -0.1) is 35.9 Å². The van der Waals surface area contributed by atoms with Crippen LogP contribution < -0.4 is 0 Å². The molecule has 6 rings (SSSR count). The maximum Gasteiger partial charge on any atom is 0.161 e. The Labute approximate surface area is 288 Å². The zero-order valence-electron chi connectivity index (χ0n) is 27.9. The Morgan fingerprint density at radius 3 is 2.24 bits per heavy atom. The van der Waals surface area contributed by atoms with E-state index in [1.54, 1.807) is 0 Å². The van der Waals surface area contributed by atoms with E-state index in [1.807, 2.05) is 45.9 Å². The van der Waals surface area contributed by atoms with Crippen LogP contribution in [0, 0.1) is 24.8 Å². The molecule has 1 radical (unpaired) electrons. The molecular weight excluding hydrogens is 743 g/mol. The number of carbonyl (C=O) groups is 1. The number of nitrogens with zero attached hydrogens (tertiary/aromatic N) is 1. The van der Waals surface area contributed by atoms with E-state index in [0.717, 1.165) is 29.6 Å². The number of aryl methyl sites for hydroxylation is 1. The van der Waals surface area contributed by atoms with E-state index in [0.29, 0.717) is 0 Å². The maximum absolute atomic E-state index is 11.4. The molecule has 0 saturated carbocycles. The topological polar surface area (TPSA) is 50.2 Å². The first kappa shape index (κ1) is 35.0. The summed E-state index contributed by atoms with van der Waals surface area (Å²) < 4.78 is 0. The molecule has 1 N–H and O–H groups in total. The van der Waals surface area contributed by atoms with Crippen LogP contribution in [0.2, 0.25) is 0 Å². The van der Waals surface area contributed by atoms with Gasteiger partial charge in [0, 0.05) is 48.8 Å². The standard InChI is InChI=1S/C31H24N.C11H20O2.Ir/c1-20-10-9-13-22(16-20)24-18-29(21-11-5-4-6-12-21)32-30-19-28-25(17-26(24)30)23-14-7-8-15-27(23)31(28,2)3;1-5-8(3)10(12)7-11(13)9(4)6-2;/h4-11,13-19H,1-3H3;7-9,12H,5-6H2,1-4H3;/q-1;;/b;10-7-;. The van der Waals surface area contributed by atoms with Crippen molar-refractivity contribution in [2.45, 2.75) is 66.7 Å². The number of pyridine rings is 1. The fraction of sp³-hybridized carbons (Fsp3) is 0.286. The molecule has 0 saturated heterocycles. The van der Waals surface area contributed by atoms with Crippen LogP contribution in [-0.4, -0.2) is 15.9 Å². The number of ketones is 1. The summed E-state index contributed by atoms with van der Waals surface area (Å²) in [6, 6.07) is 35.9. The Morgan fingerprint density at radius 1 is 0.848 bits per heavy atom. The van der Waals surface area contributed by atoms with Crippen molar-refractivity contribution in [2.24, 2.45) is 11.8 Å². The monoisotopic (exact) mass is 787 g/mol. The Balaban J connectivity index is 0.000000295. The van der Waals surface area contributed by atoms with Gasteiger partial charge in [0.15, 0.2) is 5.78 Å². The van der Waals surface area contributed by atoms with Gasteiger partial charge in [-0.1, -0.05) is 102 Å². The van der Waals surface area contributed by atoms with Gasteiger partial charge in [-0.05, 0) is 71.0 Å². The summed E-state index contributed by atoms with van der Waals surface area (Å²) in [5.41, 5.74) is 12.1. The van der Waals surface area contributed by atoms with Crippen LogP contribution in [0.5, 0.6) is 0 Å². The predicted molar refractivity (Wildman–Crippen MR) is 188 cm³/mol. The third-order valence-corrected chi connectivity index (χ3v) is 9.33. The first-order valence-electron chi connectivity index (χ1n) is 16.1. The van der Waals surface area contributed by atoms with Crippen LogP contribution in [0.3, 0.4) is 0 Å². The number of aromatic nitrogens is 1. The molecular formula is C42H44IrNO2-. The van der Waals surface area contributed by atoms with Crippen LogP contribution in [0.4, 0.5) is 0 Å². The summed E-state index contributed by atoms with van der Waals surface area (Å²) >= 11 is 0. The minimum Gasteiger partial charge on any atom is -0.512 e. The third-order valence-electron chi connectivity index (χ3n) is 9.33. The van der Waals surface area contributed by atoms with Crippen LogP contribution in [-0.2, 0) is 30.3 Å². The van der Waals surface area contributed by atoms with Gasteiger partial charge in [0.2, 0.25) is 0 Å². The van der Waals surface area contributed by atoms with Crippen molar-refractivity contribution in [1.82, 2.24) is 4.98 Å². The van der Waals surface area contributed by atoms with Crippen LogP contribution in [0.25, 0.3) is 44.4 Å². The zero-order chi connectivity index (χ0) is 32.3. The fourth-order valence-electron chi connectivity index (χ4n) is 6.00. The Bertz CT molecular complexity index is 1870. The normalized spacial score (nSPS) is 14.3. The first-order valence-corrected chi connectivity index (χ1v) is 16.1. The molecule has 4 aromatic carbocycles. The van der Waals surface area contributed by atoms with Crippen LogP contribution in [0.1, 0.15) is 71.1 Å². The molecule has 2 unspecified atom stereocenters. The number of fused-ring (bicyclic) bond motifs is 4. The minimum absolute atomic E-state index is 0. The summed E-state index contributed by atoms with van der Waals surface area (Å²) in [7, 11) is 0. The van der Waals surface area contributed by atoms with Crippen molar-refractivity contribution in [1.29, 1.82) is 0 Å². The van der Waals surface area contributed by atoms with Gasteiger partial charge in [-0.25, -0.2) is 0 Å². The Hall–Kier alpha value is -3.85. The summed E-state index contributed by atoms with van der Waals surface area (Å²) in [5.74, 6) is 0.354. The van der Waals surface area contributed by atoms with Gasteiger partial charge < -0.3 is 5.11 Å². The molecule has 46 heavy (non-hydrogen) atoms. The van der Waals surface area contributed by atoms with E-state index in [2.05, 4.69) is 99.6 Å². The second-order valence-corrected chi connectivity index (χ2v) is 12.9. The van der Waals surface area contributed by atoms with Crippen molar-refractivity contribution in [3.63, 3.8) is 0 Å². The van der Waals surface area contributed by atoms with E-state index in [4.69, 9.17) is 4.98 Å². The Kier molecular flexibility index (Phi) is 11.2. The largest absolute Gasteiger partial charge is 0.512 e. The quantitative estimate of drug-likeness (QED) is 0.102. The SMILES string of the molecule is CCC(C)C(=O)/C=C(\O)C(C)CC.Cc1cccc(-c2cc(-c3[c-]cccc3)nc3cc4c(cc23)-c2ccccc2C4(C)C)c1.[Ir]. The van der Waals surface area contributed by atoms with Gasteiger partial charge >= 0.3 is 0 Å². The number of benzene rings is 4. The average Bonchev–Trinajstić information content (AvgIpc) is 3.28. The van der Waals surface area contributed by atoms with Gasteiger partial charge in [-0.2, -0.15) is 0 Å². The average molecular weight is 787 g/mol. The van der Waals surface area contributed by atoms with Crippen molar-refractivity contribution >= 4 is 16.7 Å². The van der Waals surface area contributed by atoms with Crippen molar-refractivity contribution in [2.75, 3.05) is 0 Å². The molecule has 2 atom stereocenters. The molecule has 239 valence electrons. The van der Waals surface area contributed by atoms with Crippen molar-refractivity contribution in [3.8, 4) is 33.5 Å². The van der Waals surface area contributed by atoms with E-state index >= 15 is 0 Å². The molecule has 3 nitrogen and oxygen atoms in total. The third kappa shape index (κ3) is 7.09. The number of carbonyl (C=O) groups excluding carboxylic acids is 1. The second kappa shape index (κ2) is 14.7. The number of hydrogen-bond donors (Lipinski definition) is 1. The molecule has 0 bridgehead atoms. The summed E-state index contributed by atoms with van der Waals surface area (Å²) in [6.07, 6.45) is 3.06. The van der Waals surface area contributed by atoms with Crippen LogP contribution in [0.15, 0.2) is 103 Å². The molecule has 1 heterocycles. The minimum atomic E-state index is -0.0415. The summed E-state index contributed by atoms with van der Waals surface area (Å²) in [4.78, 5) is 16.5. The molecule has 0 amide bonds. The van der Waals surface area contributed by atoms with Gasteiger partial charge in [-0.3, -0.25) is 9.78 Å². The van der Waals surface area contributed by atoms with Gasteiger partial charge in [0.25, 0.3) is 0 Å². The van der Waals surface area contributed by atoms with Crippen molar-refractivity contribution < 1.29 is 30.0 Å². The predicted octanol–water partition coefficient (Wildman–Crippen LogP) is 11.1. The molecule has 1 aliphatic carbocycles. The van der Waals surface area contributed by atoms with E-state index in [-0.39, 0.29) is 48.9 Å². The zero-order valence-corrected chi connectivity index (χ0v) is 30.3. The molecule has 1 aromatic heterocycles. The maximum atomic E-state index is 11.4. The van der Waals surface area contributed by atoms with Gasteiger partial charge in [0.05, 0.1) is 11.3 Å². The molecule has 0 spiro atoms. The van der Waals surface area contributed by atoms with Crippen molar-refractivity contribution in [3.05, 3.63) is 126 Å². The fourth-order valence-corrected chi connectivity index (χ4v) is 6.00. The van der Waals surface area contributed by atoms with E-state index < -0.39 is 0 Å².